The maximum absolute atomic E-state index is 11.0. The molecule has 1 aliphatic heterocycles. The summed E-state index contributed by atoms with van der Waals surface area (Å²) in [6.45, 7) is 12.4. The van der Waals surface area contributed by atoms with Crippen molar-refractivity contribution < 1.29 is 9.90 Å². The minimum Gasteiger partial charge on any atom is -0.478 e. The summed E-state index contributed by atoms with van der Waals surface area (Å²) in [7, 11) is 0. The Morgan fingerprint density at radius 3 is 1.88 bits per heavy atom. The van der Waals surface area contributed by atoms with Gasteiger partial charge in [0.15, 0.2) is 0 Å². The summed E-state index contributed by atoms with van der Waals surface area (Å²) in [4.78, 5) is 11.0. The molecule has 0 spiro atoms. The molecule has 0 unspecified atom stereocenters. The highest BCUT2D eigenvalue weighted by molar-refractivity contribution is 5.86. The van der Waals surface area contributed by atoms with Crippen molar-refractivity contribution in [1.29, 1.82) is 0 Å². The van der Waals surface area contributed by atoms with Crippen molar-refractivity contribution in [3.8, 4) is 0 Å². The molecule has 0 atom stereocenters. The third-order valence-corrected chi connectivity index (χ3v) is 3.71. The van der Waals surface area contributed by atoms with Gasteiger partial charge in [-0.1, -0.05) is 5.57 Å². The molecule has 3 heteroatoms. The molecule has 0 bridgehead atoms. The summed E-state index contributed by atoms with van der Waals surface area (Å²) in [5.74, 6) is -0.436. The number of aliphatic carboxylic acids is 1. The second-order valence-electron chi connectivity index (χ2n) is 6.61. The van der Waals surface area contributed by atoms with Crippen LogP contribution >= 0.6 is 0 Å². The summed E-state index contributed by atoms with van der Waals surface area (Å²) in [6, 6.07) is 0. The maximum Gasteiger partial charge on any atom is 0.331 e. The fourth-order valence-corrected chi connectivity index (χ4v) is 3.10. The van der Waals surface area contributed by atoms with Crippen LogP contribution in [0.3, 0.4) is 0 Å². The second-order valence-corrected chi connectivity index (χ2v) is 6.61. The first-order chi connectivity index (χ1) is 7.54. The van der Waals surface area contributed by atoms with E-state index < -0.39 is 5.97 Å². The predicted octanol–water partition coefficient (Wildman–Crippen LogP) is 2.96. The number of carboxylic acid groups (broad SMARTS) is 1. The van der Waals surface area contributed by atoms with E-state index in [-0.39, 0.29) is 11.1 Å². The summed E-state index contributed by atoms with van der Waals surface area (Å²) in [5.41, 5.74) is 1.66. The van der Waals surface area contributed by atoms with Crippen molar-refractivity contribution in [3.63, 3.8) is 0 Å². The van der Waals surface area contributed by atoms with Crippen LogP contribution in [-0.2, 0) is 4.79 Å². The average molecular weight is 239 g/mol. The lowest BCUT2D eigenvalue weighted by Gasteiger charge is -2.47. The lowest BCUT2D eigenvalue weighted by atomic mass is 9.72. The average Bonchev–Trinajstić information content (AvgIpc) is 2.10. The van der Waals surface area contributed by atoms with Gasteiger partial charge in [-0.15, -0.1) is 0 Å². The molecule has 0 amide bonds. The summed E-state index contributed by atoms with van der Waals surface area (Å²) < 4.78 is 0. The summed E-state index contributed by atoms with van der Waals surface area (Å²) in [5, 5.41) is 12.7. The standard InChI is InChI=1S/C14H25NO2/c1-9(10(2)12(16)17)11-7-13(3,4)15-14(5,6)8-11/h11,15H,7-8H2,1-6H3,(H,16,17)/b10-9+. The molecular weight excluding hydrogens is 214 g/mol. The van der Waals surface area contributed by atoms with Crippen LogP contribution in [0.2, 0.25) is 0 Å². The number of carbonyl (C=O) groups is 1. The maximum atomic E-state index is 11.0. The van der Waals surface area contributed by atoms with Crippen molar-refractivity contribution in [3.05, 3.63) is 11.1 Å². The van der Waals surface area contributed by atoms with Gasteiger partial charge in [-0.25, -0.2) is 4.79 Å². The predicted molar refractivity (Wildman–Crippen MR) is 70.0 cm³/mol. The Balaban J connectivity index is 3.00. The Labute approximate surface area is 104 Å². The van der Waals surface area contributed by atoms with Crippen LogP contribution in [0.5, 0.6) is 0 Å². The van der Waals surface area contributed by atoms with Crippen LogP contribution < -0.4 is 5.32 Å². The molecule has 1 aliphatic rings. The van der Waals surface area contributed by atoms with Gasteiger partial charge in [0.1, 0.15) is 0 Å². The zero-order valence-electron chi connectivity index (χ0n) is 11.8. The molecule has 1 fully saturated rings. The number of hydrogen-bond acceptors (Lipinski definition) is 2. The van der Waals surface area contributed by atoms with E-state index in [1.54, 1.807) is 6.92 Å². The molecule has 0 radical (unpaired) electrons. The number of carboxylic acids is 1. The highest BCUT2D eigenvalue weighted by Crippen LogP contribution is 2.37. The number of nitrogens with one attached hydrogen (secondary N) is 1. The highest BCUT2D eigenvalue weighted by atomic mass is 16.4. The molecular formula is C14H25NO2. The van der Waals surface area contributed by atoms with E-state index >= 15 is 0 Å². The number of allylic oxidation sites excluding steroid dienone is 1. The van der Waals surface area contributed by atoms with E-state index in [0.29, 0.717) is 11.5 Å². The third-order valence-electron chi connectivity index (χ3n) is 3.71. The van der Waals surface area contributed by atoms with Crippen molar-refractivity contribution >= 4 is 5.97 Å². The van der Waals surface area contributed by atoms with Gasteiger partial charge in [0.2, 0.25) is 0 Å². The van der Waals surface area contributed by atoms with Gasteiger partial charge in [-0.2, -0.15) is 0 Å². The molecule has 1 heterocycles. The van der Waals surface area contributed by atoms with Crippen LogP contribution in [0.15, 0.2) is 11.1 Å². The summed E-state index contributed by atoms with van der Waals surface area (Å²) in [6.07, 6.45) is 1.99. The minimum absolute atomic E-state index is 0.0620. The van der Waals surface area contributed by atoms with Gasteiger partial charge in [-0.05, 0) is 60.3 Å². The Morgan fingerprint density at radius 2 is 1.53 bits per heavy atom. The Morgan fingerprint density at radius 1 is 1.12 bits per heavy atom. The first-order valence-electron chi connectivity index (χ1n) is 6.24. The molecule has 3 nitrogen and oxygen atoms in total. The molecule has 0 aliphatic carbocycles. The van der Waals surface area contributed by atoms with Gasteiger partial charge in [0.25, 0.3) is 0 Å². The normalized spacial score (nSPS) is 25.3. The van der Waals surface area contributed by atoms with Gasteiger partial charge < -0.3 is 10.4 Å². The van der Waals surface area contributed by atoms with Crippen LogP contribution in [0.1, 0.15) is 54.4 Å². The lowest BCUT2D eigenvalue weighted by Crippen LogP contribution is -2.58. The summed E-state index contributed by atoms with van der Waals surface area (Å²) >= 11 is 0. The van der Waals surface area contributed by atoms with Crippen molar-refractivity contribution in [2.45, 2.75) is 65.5 Å². The van der Waals surface area contributed by atoms with Crippen molar-refractivity contribution in [2.75, 3.05) is 0 Å². The van der Waals surface area contributed by atoms with Gasteiger partial charge in [0.05, 0.1) is 0 Å². The van der Waals surface area contributed by atoms with Crippen LogP contribution in [0.4, 0.5) is 0 Å². The number of rotatable bonds is 2. The van der Waals surface area contributed by atoms with Crippen LogP contribution in [-0.4, -0.2) is 22.2 Å². The Hall–Kier alpha value is -0.830. The van der Waals surface area contributed by atoms with Crippen LogP contribution in [0.25, 0.3) is 0 Å². The topological polar surface area (TPSA) is 49.3 Å². The SMILES string of the molecule is C/C(C(=O)O)=C(/C)C1CC(C)(C)NC(C)(C)C1. The molecule has 0 aromatic heterocycles. The fourth-order valence-electron chi connectivity index (χ4n) is 3.10. The third kappa shape index (κ3) is 3.56. The first kappa shape index (κ1) is 14.2. The van der Waals surface area contributed by atoms with Crippen molar-refractivity contribution in [1.82, 2.24) is 5.32 Å². The van der Waals surface area contributed by atoms with E-state index in [1.165, 1.54) is 0 Å². The van der Waals surface area contributed by atoms with Gasteiger partial charge in [0, 0.05) is 16.7 Å². The Kier molecular flexibility index (Phi) is 3.72. The fraction of sp³-hybridized carbons (Fsp3) is 0.786. The molecule has 2 N–H and O–H groups in total. The molecule has 1 saturated heterocycles. The molecule has 17 heavy (non-hydrogen) atoms. The van der Waals surface area contributed by atoms with E-state index in [1.807, 2.05) is 6.92 Å². The second kappa shape index (κ2) is 4.45. The Bertz CT molecular complexity index is 337. The van der Waals surface area contributed by atoms with E-state index in [4.69, 9.17) is 5.11 Å². The van der Waals surface area contributed by atoms with Gasteiger partial charge in [-0.3, -0.25) is 0 Å². The molecule has 0 saturated carbocycles. The van der Waals surface area contributed by atoms with Gasteiger partial charge >= 0.3 is 5.97 Å². The zero-order valence-corrected chi connectivity index (χ0v) is 11.8. The zero-order chi connectivity index (χ0) is 13.4. The molecule has 0 aromatic carbocycles. The quantitative estimate of drug-likeness (QED) is 0.728. The highest BCUT2D eigenvalue weighted by Gasteiger charge is 2.38. The monoisotopic (exact) mass is 239 g/mol. The van der Waals surface area contributed by atoms with E-state index in [9.17, 15) is 4.79 Å². The number of piperidine rings is 1. The number of hydrogen-bond donors (Lipinski definition) is 2. The van der Waals surface area contributed by atoms with Crippen molar-refractivity contribution in [2.24, 2.45) is 5.92 Å². The molecule has 98 valence electrons. The van der Waals surface area contributed by atoms with E-state index in [0.717, 1.165) is 18.4 Å². The smallest absolute Gasteiger partial charge is 0.331 e. The molecule has 0 aromatic rings. The largest absolute Gasteiger partial charge is 0.478 e. The first-order valence-corrected chi connectivity index (χ1v) is 6.24. The lowest BCUT2D eigenvalue weighted by molar-refractivity contribution is -0.132. The van der Waals surface area contributed by atoms with E-state index in [2.05, 4.69) is 33.0 Å². The van der Waals surface area contributed by atoms with Crippen LogP contribution in [0, 0.1) is 5.92 Å². The minimum atomic E-state index is -0.795. The molecule has 1 rings (SSSR count).